The van der Waals surface area contributed by atoms with Crippen LogP contribution in [0.15, 0.2) is 60.8 Å². The molecule has 0 heterocycles. The zero-order valence-electron chi connectivity index (χ0n) is 24.0. The quantitative estimate of drug-likeness (QED) is 0.0437. The standard InChI is InChI=1S/C30H49N3O7/c1-3-4-5-6-7-8-9-10-11-12-13-14-15-16-17-18-19-20-27(36)40-24-26(35)29(38)25(34)21-22-39-28(37)23-33(2)30(31)32/h4-5,7-8,10-11,13-14,16-17,25-26,29,34-35,38H,3,6,9,12,15,18-24H2,1-2H3,(H3,31,32). The maximum Gasteiger partial charge on any atom is 0.325 e. The number of hydrogen-bond acceptors (Lipinski definition) is 8. The van der Waals surface area contributed by atoms with Crippen molar-refractivity contribution in [3.05, 3.63) is 60.8 Å². The van der Waals surface area contributed by atoms with E-state index in [1.54, 1.807) is 0 Å². The van der Waals surface area contributed by atoms with Crippen molar-refractivity contribution in [2.45, 2.75) is 83.0 Å². The molecule has 0 aromatic rings. The number of ether oxygens (including phenoxy) is 2. The first-order valence-corrected chi connectivity index (χ1v) is 13.8. The van der Waals surface area contributed by atoms with Gasteiger partial charge in [0.25, 0.3) is 0 Å². The first-order chi connectivity index (χ1) is 19.2. The zero-order chi connectivity index (χ0) is 30.0. The van der Waals surface area contributed by atoms with Crippen LogP contribution in [0, 0.1) is 5.41 Å². The molecule has 0 radical (unpaired) electrons. The van der Waals surface area contributed by atoms with E-state index in [2.05, 4.69) is 55.5 Å². The van der Waals surface area contributed by atoms with Gasteiger partial charge in [0.1, 0.15) is 25.4 Å². The molecule has 3 atom stereocenters. The molecular formula is C30H49N3O7. The molecule has 3 unspecified atom stereocenters. The number of carbonyl (C=O) groups excluding carboxylic acids is 2. The van der Waals surface area contributed by atoms with Crippen molar-refractivity contribution in [2.75, 3.05) is 26.8 Å². The average Bonchev–Trinajstić information content (AvgIpc) is 2.92. The second-order valence-electron chi connectivity index (χ2n) is 9.16. The maximum absolute atomic E-state index is 11.9. The third kappa shape index (κ3) is 21.7. The minimum Gasteiger partial charge on any atom is -0.464 e. The molecule has 40 heavy (non-hydrogen) atoms. The number of aliphatic hydroxyl groups is 3. The smallest absolute Gasteiger partial charge is 0.325 e. The van der Waals surface area contributed by atoms with Gasteiger partial charge in [0.15, 0.2) is 5.96 Å². The van der Waals surface area contributed by atoms with Gasteiger partial charge < -0.3 is 35.4 Å². The third-order valence-corrected chi connectivity index (χ3v) is 5.57. The number of nitrogens with one attached hydrogen (secondary N) is 1. The summed E-state index contributed by atoms with van der Waals surface area (Å²) in [4.78, 5) is 24.7. The molecule has 0 aromatic carbocycles. The van der Waals surface area contributed by atoms with Crippen LogP contribution in [0.4, 0.5) is 0 Å². The van der Waals surface area contributed by atoms with E-state index in [-0.39, 0.29) is 32.0 Å². The van der Waals surface area contributed by atoms with Crippen molar-refractivity contribution < 1.29 is 34.4 Å². The van der Waals surface area contributed by atoms with E-state index in [1.165, 1.54) is 11.9 Å². The Labute approximate surface area is 239 Å². The van der Waals surface area contributed by atoms with E-state index in [4.69, 9.17) is 20.6 Å². The first-order valence-electron chi connectivity index (χ1n) is 13.8. The number of carbonyl (C=O) groups is 2. The van der Waals surface area contributed by atoms with Crippen LogP contribution in [-0.2, 0) is 19.1 Å². The number of allylic oxidation sites excluding steroid dienone is 10. The molecule has 0 saturated carbocycles. The number of likely N-dealkylation sites (N-methyl/N-ethyl adjacent to an activating group) is 1. The van der Waals surface area contributed by atoms with Crippen molar-refractivity contribution in [1.82, 2.24) is 4.90 Å². The highest BCUT2D eigenvalue weighted by atomic mass is 16.5. The average molecular weight is 564 g/mol. The molecule has 0 bridgehead atoms. The molecule has 0 rings (SSSR count). The highest BCUT2D eigenvalue weighted by Gasteiger charge is 2.26. The minimum atomic E-state index is -1.58. The molecule has 6 N–H and O–H groups in total. The van der Waals surface area contributed by atoms with Crippen LogP contribution < -0.4 is 5.73 Å². The van der Waals surface area contributed by atoms with Crippen molar-refractivity contribution in [3.63, 3.8) is 0 Å². The highest BCUT2D eigenvalue weighted by molar-refractivity contribution is 5.80. The molecule has 0 aliphatic rings. The Hall–Kier alpha value is -3.21. The minimum absolute atomic E-state index is 0.130. The maximum atomic E-state index is 11.9. The molecule has 0 aromatic heterocycles. The van der Waals surface area contributed by atoms with Gasteiger partial charge in [-0.15, -0.1) is 0 Å². The fourth-order valence-corrected chi connectivity index (χ4v) is 3.13. The van der Waals surface area contributed by atoms with Crippen LogP contribution in [0.5, 0.6) is 0 Å². The van der Waals surface area contributed by atoms with Crippen molar-refractivity contribution >= 4 is 17.9 Å². The van der Waals surface area contributed by atoms with E-state index >= 15 is 0 Å². The predicted molar refractivity (Wildman–Crippen MR) is 157 cm³/mol. The van der Waals surface area contributed by atoms with Gasteiger partial charge in [-0.25, -0.2) is 0 Å². The van der Waals surface area contributed by atoms with Crippen LogP contribution in [-0.4, -0.2) is 83.2 Å². The second kappa shape index (κ2) is 24.8. The van der Waals surface area contributed by atoms with Gasteiger partial charge in [-0.1, -0.05) is 67.7 Å². The third-order valence-electron chi connectivity index (χ3n) is 5.57. The van der Waals surface area contributed by atoms with E-state index in [9.17, 15) is 24.9 Å². The number of aliphatic hydroxyl groups excluding tert-OH is 3. The molecular weight excluding hydrogens is 514 g/mol. The number of esters is 2. The zero-order valence-corrected chi connectivity index (χ0v) is 24.0. The molecule has 0 aliphatic heterocycles. The Morgan fingerprint density at radius 1 is 0.825 bits per heavy atom. The SMILES string of the molecule is CCC=CCC=CCC=CCC=CCC=CCCCC(=O)OCC(O)C(O)C(O)CCOC(=O)CN(C)C(=N)N. The van der Waals surface area contributed by atoms with E-state index in [0.29, 0.717) is 12.8 Å². The summed E-state index contributed by atoms with van der Waals surface area (Å²) in [5.41, 5.74) is 5.23. The molecule has 0 saturated heterocycles. The Balaban J connectivity index is 3.90. The highest BCUT2D eigenvalue weighted by Crippen LogP contribution is 2.07. The van der Waals surface area contributed by atoms with Crippen LogP contribution in [0.25, 0.3) is 0 Å². The summed E-state index contributed by atoms with van der Waals surface area (Å²) < 4.78 is 9.88. The second-order valence-corrected chi connectivity index (χ2v) is 9.16. The fraction of sp³-hybridized carbons (Fsp3) is 0.567. The van der Waals surface area contributed by atoms with Crippen molar-refractivity contribution in [1.29, 1.82) is 5.41 Å². The van der Waals surface area contributed by atoms with Crippen molar-refractivity contribution in [3.8, 4) is 0 Å². The molecule has 10 heteroatoms. The number of nitrogens with zero attached hydrogens (tertiary/aromatic N) is 1. The molecule has 0 spiro atoms. The summed E-state index contributed by atoms with van der Waals surface area (Å²) in [6.07, 6.45) is 22.9. The Bertz CT molecular complexity index is 852. The topological polar surface area (TPSA) is 166 Å². The normalized spacial score (nSPS) is 14.4. The number of nitrogens with two attached hydrogens (primary N) is 1. The summed E-state index contributed by atoms with van der Waals surface area (Å²) in [5, 5.41) is 37.1. The van der Waals surface area contributed by atoms with Crippen LogP contribution in [0.2, 0.25) is 0 Å². The Morgan fingerprint density at radius 2 is 1.35 bits per heavy atom. The number of guanidine groups is 1. The summed E-state index contributed by atoms with van der Waals surface area (Å²) >= 11 is 0. The van der Waals surface area contributed by atoms with Gasteiger partial charge >= 0.3 is 11.9 Å². The first kappa shape index (κ1) is 36.8. The summed E-state index contributed by atoms with van der Waals surface area (Å²) in [6, 6.07) is 0. The monoisotopic (exact) mass is 563 g/mol. The lowest BCUT2D eigenvalue weighted by molar-refractivity contribution is -0.153. The van der Waals surface area contributed by atoms with Gasteiger partial charge in [0.05, 0.1) is 12.7 Å². The summed E-state index contributed by atoms with van der Waals surface area (Å²) in [7, 11) is 1.45. The molecule has 0 fully saturated rings. The Kier molecular flexibility index (Phi) is 22.8. The largest absolute Gasteiger partial charge is 0.464 e. The molecule has 0 amide bonds. The van der Waals surface area contributed by atoms with E-state index < -0.39 is 36.9 Å². The molecule has 226 valence electrons. The summed E-state index contributed by atoms with van der Waals surface area (Å²) in [5.74, 6) is -1.45. The van der Waals surface area contributed by atoms with E-state index in [0.717, 1.165) is 32.1 Å². The molecule has 0 aliphatic carbocycles. The van der Waals surface area contributed by atoms with Gasteiger partial charge in [0.2, 0.25) is 0 Å². The Morgan fingerprint density at radius 3 is 1.88 bits per heavy atom. The lowest BCUT2D eigenvalue weighted by Gasteiger charge is -2.23. The lowest BCUT2D eigenvalue weighted by atomic mass is 10.1. The lowest BCUT2D eigenvalue weighted by Crippen LogP contribution is -2.41. The van der Waals surface area contributed by atoms with Gasteiger partial charge in [-0.3, -0.25) is 15.0 Å². The van der Waals surface area contributed by atoms with E-state index in [1.807, 2.05) is 12.2 Å². The number of unbranched alkanes of at least 4 members (excludes halogenated alkanes) is 1. The number of rotatable bonds is 22. The van der Waals surface area contributed by atoms with Gasteiger partial charge in [-0.2, -0.15) is 0 Å². The van der Waals surface area contributed by atoms with Gasteiger partial charge in [0, 0.05) is 19.9 Å². The van der Waals surface area contributed by atoms with Crippen molar-refractivity contribution in [2.24, 2.45) is 5.73 Å². The number of hydrogen-bond donors (Lipinski definition) is 5. The molecule has 10 nitrogen and oxygen atoms in total. The van der Waals surface area contributed by atoms with Crippen LogP contribution in [0.3, 0.4) is 0 Å². The van der Waals surface area contributed by atoms with Gasteiger partial charge in [-0.05, 0) is 44.9 Å². The summed E-state index contributed by atoms with van der Waals surface area (Å²) in [6.45, 7) is 1.24. The fourth-order valence-electron chi connectivity index (χ4n) is 3.13. The predicted octanol–water partition coefficient (Wildman–Crippen LogP) is 3.29. The van der Waals surface area contributed by atoms with Crippen LogP contribution in [0.1, 0.15) is 64.7 Å². The van der Waals surface area contributed by atoms with Crippen LogP contribution >= 0.6 is 0 Å².